The Morgan fingerprint density at radius 2 is 1.57 bits per heavy atom. The van der Waals surface area contributed by atoms with E-state index < -0.39 is 0 Å². The largest absolute Gasteiger partial charge is 0.390 e. The van der Waals surface area contributed by atoms with Crippen molar-refractivity contribution in [3.63, 3.8) is 0 Å². The molecule has 1 heteroatoms. The smallest absolute Gasteiger partial charge is 0.0648 e. The van der Waals surface area contributed by atoms with Crippen LogP contribution in [-0.2, 0) is 0 Å². The van der Waals surface area contributed by atoms with E-state index in [2.05, 4.69) is 20.8 Å². The van der Waals surface area contributed by atoms with Gasteiger partial charge in [0.25, 0.3) is 0 Å². The highest BCUT2D eigenvalue weighted by Gasteiger charge is 2.35. The van der Waals surface area contributed by atoms with E-state index in [1.807, 2.05) is 0 Å². The van der Waals surface area contributed by atoms with Gasteiger partial charge in [0.1, 0.15) is 0 Å². The van der Waals surface area contributed by atoms with Crippen molar-refractivity contribution in [1.82, 2.24) is 0 Å². The molecule has 0 aromatic heterocycles. The first kappa shape index (κ1) is 12.0. The minimum absolute atomic E-state index is 0.315. The first-order valence-electron chi connectivity index (χ1n) is 6.20. The Hall–Kier alpha value is -0.0400. The van der Waals surface area contributed by atoms with Crippen LogP contribution in [0.25, 0.3) is 0 Å². The van der Waals surface area contributed by atoms with E-state index in [4.69, 9.17) is 0 Å². The number of aliphatic hydroxyl groups is 1. The molecule has 0 amide bonds. The quantitative estimate of drug-likeness (QED) is 0.679. The molecule has 1 nitrogen and oxygen atoms in total. The molecule has 1 fully saturated rings. The molecule has 0 aromatic rings. The van der Waals surface area contributed by atoms with Crippen LogP contribution in [0.5, 0.6) is 0 Å². The van der Waals surface area contributed by atoms with Gasteiger partial charge in [-0.2, -0.15) is 0 Å². The van der Waals surface area contributed by atoms with Crippen LogP contribution < -0.4 is 0 Å². The molecule has 1 rings (SSSR count). The Morgan fingerprint density at radius 1 is 1.00 bits per heavy atom. The lowest BCUT2D eigenvalue weighted by Gasteiger charge is -2.40. The van der Waals surface area contributed by atoms with E-state index in [1.165, 1.54) is 32.1 Å². The summed E-state index contributed by atoms with van der Waals surface area (Å²) in [4.78, 5) is 0. The maximum Gasteiger partial charge on any atom is 0.0648 e. The first-order valence-corrected chi connectivity index (χ1v) is 6.20. The Labute approximate surface area is 88.9 Å². The van der Waals surface area contributed by atoms with Crippen LogP contribution in [0, 0.1) is 5.41 Å². The average molecular weight is 198 g/mol. The van der Waals surface area contributed by atoms with E-state index in [0.717, 1.165) is 19.3 Å². The summed E-state index contributed by atoms with van der Waals surface area (Å²) in [5.41, 5.74) is 0.154. The fraction of sp³-hybridized carbons (Fsp3) is 1.00. The van der Waals surface area contributed by atoms with Crippen LogP contribution in [0.2, 0.25) is 0 Å². The molecule has 0 aromatic carbocycles. The maximum atomic E-state index is 10.3. The van der Waals surface area contributed by atoms with Gasteiger partial charge in [0.05, 0.1) is 5.60 Å². The summed E-state index contributed by atoms with van der Waals surface area (Å²) in [6.45, 7) is 6.85. The molecule has 0 heterocycles. The van der Waals surface area contributed by atoms with Crippen molar-refractivity contribution in [2.24, 2.45) is 5.41 Å². The summed E-state index contributed by atoms with van der Waals surface area (Å²) in [6, 6.07) is 0. The number of unbranched alkanes of at least 4 members (excludes halogenated alkanes) is 2. The van der Waals surface area contributed by atoms with E-state index in [0.29, 0.717) is 5.41 Å². The molecule has 1 aliphatic carbocycles. The van der Waals surface area contributed by atoms with Crippen LogP contribution in [0.1, 0.15) is 72.1 Å². The van der Waals surface area contributed by atoms with Gasteiger partial charge in [0.15, 0.2) is 0 Å². The van der Waals surface area contributed by atoms with E-state index in [1.54, 1.807) is 0 Å². The molecule has 0 spiro atoms. The van der Waals surface area contributed by atoms with Crippen molar-refractivity contribution >= 4 is 0 Å². The van der Waals surface area contributed by atoms with Gasteiger partial charge >= 0.3 is 0 Å². The van der Waals surface area contributed by atoms with Crippen molar-refractivity contribution in [3.05, 3.63) is 0 Å². The zero-order valence-electron chi connectivity index (χ0n) is 10.1. The van der Waals surface area contributed by atoms with E-state index >= 15 is 0 Å². The second kappa shape index (κ2) is 4.65. The third-order valence-electron chi connectivity index (χ3n) is 3.78. The van der Waals surface area contributed by atoms with Gasteiger partial charge < -0.3 is 5.11 Å². The lowest BCUT2D eigenvalue weighted by Crippen LogP contribution is -2.36. The van der Waals surface area contributed by atoms with Gasteiger partial charge in [-0.25, -0.2) is 0 Å². The van der Waals surface area contributed by atoms with Crippen LogP contribution in [0.4, 0.5) is 0 Å². The lowest BCUT2D eigenvalue weighted by molar-refractivity contribution is -0.0337. The highest BCUT2D eigenvalue weighted by atomic mass is 16.3. The summed E-state index contributed by atoms with van der Waals surface area (Å²) < 4.78 is 0. The number of rotatable bonds is 4. The molecule has 0 saturated heterocycles. The summed E-state index contributed by atoms with van der Waals surface area (Å²) in [7, 11) is 0. The third-order valence-corrected chi connectivity index (χ3v) is 3.78. The van der Waals surface area contributed by atoms with Crippen LogP contribution in [0.3, 0.4) is 0 Å². The normalized spacial score (nSPS) is 24.9. The molecule has 1 saturated carbocycles. The molecule has 1 N–H and O–H groups in total. The molecule has 1 aliphatic rings. The SMILES string of the molecule is CCCCCC1(O)CCC(C)(C)CC1. The molecular formula is C13H26O. The minimum atomic E-state index is -0.315. The second-order valence-electron chi connectivity index (χ2n) is 5.85. The standard InChI is InChI=1S/C13H26O/c1-4-5-6-7-13(14)10-8-12(2,3)9-11-13/h14H,4-11H2,1-3H3. The van der Waals surface area contributed by atoms with Crippen molar-refractivity contribution in [2.75, 3.05) is 0 Å². The summed E-state index contributed by atoms with van der Waals surface area (Å²) in [5, 5.41) is 10.3. The summed E-state index contributed by atoms with van der Waals surface area (Å²) in [5.74, 6) is 0. The van der Waals surface area contributed by atoms with Gasteiger partial charge in [0.2, 0.25) is 0 Å². The fourth-order valence-corrected chi connectivity index (χ4v) is 2.35. The first-order chi connectivity index (χ1) is 6.47. The minimum Gasteiger partial charge on any atom is -0.390 e. The van der Waals surface area contributed by atoms with Crippen molar-refractivity contribution in [2.45, 2.75) is 77.7 Å². The van der Waals surface area contributed by atoms with Crippen molar-refractivity contribution < 1.29 is 5.11 Å². The average Bonchev–Trinajstić information content (AvgIpc) is 2.12. The van der Waals surface area contributed by atoms with Crippen LogP contribution >= 0.6 is 0 Å². The molecule has 0 unspecified atom stereocenters. The second-order valence-corrected chi connectivity index (χ2v) is 5.85. The van der Waals surface area contributed by atoms with Crippen LogP contribution in [0.15, 0.2) is 0 Å². The van der Waals surface area contributed by atoms with Crippen molar-refractivity contribution in [1.29, 1.82) is 0 Å². The topological polar surface area (TPSA) is 20.2 Å². The number of hydrogen-bond acceptors (Lipinski definition) is 1. The highest BCUT2D eigenvalue weighted by molar-refractivity contribution is 4.88. The van der Waals surface area contributed by atoms with Gasteiger partial charge in [-0.3, -0.25) is 0 Å². The van der Waals surface area contributed by atoms with E-state index in [9.17, 15) is 5.11 Å². The molecule has 0 atom stereocenters. The molecular weight excluding hydrogens is 172 g/mol. The van der Waals surface area contributed by atoms with E-state index in [-0.39, 0.29) is 5.60 Å². The molecule has 0 bridgehead atoms. The lowest BCUT2D eigenvalue weighted by atomic mass is 9.69. The Morgan fingerprint density at radius 3 is 2.07 bits per heavy atom. The molecule has 84 valence electrons. The van der Waals surface area contributed by atoms with Crippen molar-refractivity contribution in [3.8, 4) is 0 Å². The third kappa shape index (κ3) is 3.61. The summed E-state index contributed by atoms with van der Waals surface area (Å²) >= 11 is 0. The Bertz CT molecular complexity index is 162. The van der Waals surface area contributed by atoms with Gasteiger partial charge in [-0.1, -0.05) is 40.0 Å². The fourth-order valence-electron chi connectivity index (χ4n) is 2.35. The van der Waals surface area contributed by atoms with Gasteiger partial charge in [-0.15, -0.1) is 0 Å². The monoisotopic (exact) mass is 198 g/mol. The molecule has 0 aliphatic heterocycles. The zero-order valence-corrected chi connectivity index (χ0v) is 10.1. The zero-order chi connectivity index (χ0) is 10.7. The van der Waals surface area contributed by atoms with Gasteiger partial charge in [0, 0.05) is 0 Å². The predicted octanol–water partition coefficient (Wildman–Crippen LogP) is 3.90. The summed E-state index contributed by atoms with van der Waals surface area (Å²) in [6.07, 6.45) is 9.16. The van der Waals surface area contributed by atoms with Crippen LogP contribution in [-0.4, -0.2) is 10.7 Å². The maximum absolute atomic E-state index is 10.3. The molecule has 14 heavy (non-hydrogen) atoms. The Kier molecular flexibility index (Phi) is 4.00. The highest BCUT2D eigenvalue weighted by Crippen LogP contribution is 2.42. The molecule has 0 radical (unpaired) electrons. The Balaban J connectivity index is 2.30. The number of hydrogen-bond donors (Lipinski definition) is 1. The van der Waals surface area contributed by atoms with Gasteiger partial charge in [-0.05, 0) is 37.5 Å². The predicted molar refractivity (Wildman–Crippen MR) is 61.3 cm³/mol.